The van der Waals surface area contributed by atoms with Gasteiger partial charge in [0.05, 0.1) is 5.56 Å². The summed E-state index contributed by atoms with van der Waals surface area (Å²) in [5.41, 5.74) is 1.30. The van der Waals surface area contributed by atoms with Crippen molar-refractivity contribution in [2.75, 3.05) is 7.11 Å². The van der Waals surface area contributed by atoms with Gasteiger partial charge in [0.1, 0.15) is 12.4 Å². The summed E-state index contributed by atoms with van der Waals surface area (Å²) in [4.78, 5) is 4.11. The maximum absolute atomic E-state index is 9.83. The number of aromatic hydroxyl groups is 1. The van der Waals surface area contributed by atoms with E-state index in [0.717, 1.165) is 5.56 Å². The number of phenolic OH excluding ortho intramolecular Hbond substituents is 1. The predicted octanol–water partition coefficient (Wildman–Crippen LogP) is 1.90. The maximum atomic E-state index is 9.83. The smallest absolute Gasteiger partial charge is 0.261 e. The predicted molar refractivity (Wildman–Crippen MR) is 56.8 cm³/mol. The quantitative estimate of drug-likeness (QED) is 0.855. The highest BCUT2D eigenvalue weighted by Crippen LogP contribution is 2.30. The topological polar surface area (TPSA) is 68.4 Å². The van der Waals surface area contributed by atoms with E-state index >= 15 is 0 Å². The molecule has 84 valence electrons. The fraction of sp³-hybridized carbons (Fsp3) is 0.273. The molecule has 0 aliphatic carbocycles. The summed E-state index contributed by atoms with van der Waals surface area (Å²) in [5.74, 6) is 0.918. The van der Waals surface area contributed by atoms with Gasteiger partial charge in [-0.3, -0.25) is 0 Å². The van der Waals surface area contributed by atoms with Gasteiger partial charge in [-0.15, -0.1) is 0 Å². The highest BCUT2D eigenvalue weighted by atomic mass is 16.5. The van der Waals surface area contributed by atoms with Crippen LogP contribution in [0, 0.1) is 6.92 Å². The summed E-state index contributed by atoms with van der Waals surface area (Å²) in [7, 11) is 1.56. The van der Waals surface area contributed by atoms with Gasteiger partial charge in [0.15, 0.2) is 5.82 Å². The SMILES string of the molecule is COCc1noc(-c2cccc(C)c2O)n1. The standard InChI is InChI=1S/C11H12N2O3/c1-7-4-3-5-8(10(7)14)11-12-9(6-15-2)13-16-11/h3-5,14H,6H2,1-2H3. The minimum Gasteiger partial charge on any atom is -0.507 e. The molecule has 5 heteroatoms. The van der Waals surface area contributed by atoms with Crippen LogP contribution in [-0.4, -0.2) is 22.4 Å². The summed E-state index contributed by atoms with van der Waals surface area (Å²) >= 11 is 0. The van der Waals surface area contributed by atoms with Crippen LogP contribution < -0.4 is 0 Å². The number of hydrogen-bond acceptors (Lipinski definition) is 5. The fourth-order valence-corrected chi connectivity index (χ4v) is 1.38. The molecule has 1 N–H and O–H groups in total. The zero-order valence-corrected chi connectivity index (χ0v) is 9.10. The van der Waals surface area contributed by atoms with E-state index in [1.54, 1.807) is 13.2 Å². The first-order valence-corrected chi connectivity index (χ1v) is 4.83. The zero-order chi connectivity index (χ0) is 11.5. The molecule has 0 atom stereocenters. The Bertz CT molecular complexity index is 494. The lowest BCUT2D eigenvalue weighted by molar-refractivity contribution is 0.174. The van der Waals surface area contributed by atoms with Gasteiger partial charge in [-0.05, 0) is 18.6 Å². The molecule has 0 fully saturated rings. The Balaban J connectivity index is 2.39. The van der Waals surface area contributed by atoms with Crippen LogP contribution in [0.2, 0.25) is 0 Å². The molecule has 0 saturated heterocycles. The van der Waals surface area contributed by atoms with Crippen molar-refractivity contribution in [2.24, 2.45) is 0 Å². The fourth-order valence-electron chi connectivity index (χ4n) is 1.38. The molecular weight excluding hydrogens is 208 g/mol. The Morgan fingerprint density at radius 1 is 1.44 bits per heavy atom. The molecule has 5 nitrogen and oxygen atoms in total. The molecule has 2 aromatic rings. The molecular formula is C11H12N2O3. The van der Waals surface area contributed by atoms with Crippen LogP contribution in [0.5, 0.6) is 5.75 Å². The van der Waals surface area contributed by atoms with E-state index in [-0.39, 0.29) is 12.4 Å². The van der Waals surface area contributed by atoms with Crippen molar-refractivity contribution in [2.45, 2.75) is 13.5 Å². The first-order valence-electron chi connectivity index (χ1n) is 4.83. The van der Waals surface area contributed by atoms with Crippen LogP contribution in [0.15, 0.2) is 22.7 Å². The first kappa shape index (κ1) is 10.6. The monoisotopic (exact) mass is 220 g/mol. The average Bonchev–Trinajstić information content (AvgIpc) is 2.71. The number of para-hydroxylation sites is 1. The van der Waals surface area contributed by atoms with E-state index in [4.69, 9.17) is 9.26 Å². The summed E-state index contributed by atoms with van der Waals surface area (Å²) in [6.07, 6.45) is 0. The molecule has 0 radical (unpaired) electrons. The van der Waals surface area contributed by atoms with Crippen LogP contribution in [0.4, 0.5) is 0 Å². The van der Waals surface area contributed by atoms with E-state index in [1.165, 1.54) is 0 Å². The van der Waals surface area contributed by atoms with E-state index < -0.39 is 0 Å². The second kappa shape index (κ2) is 4.32. The molecule has 0 unspecified atom stereocenters. The molecule has 1 aromatic heterocycles. The third kappa shape index (κ3) is 1.90. The van der Waals surface area contributed by atoms with Gasteiger partial charge in [0.2, 0.25) is 0 Å². The van der Waals surface area contributed by atoms with Crippen LogP contribution in [0.25, 0.3) is 11.5 Å². The number of benzene rings is 1. The molecule has 0 saturated carbocycles. The lowest BCUT2D eigenvalue weighted by atomic mass is 10.1. The Labute approximate surface area is 92.7 Å². The van der Waals surface area contributed by atoms with E-state index in [1.807, 2.05) is 19.1 Å². The minimum atomic E-state index is 0.162. The number of phenols is 1. The lowest BCUT2D eigenvalue weighted by Crippen LogP contribution is -1.89. The van der Waals surface area contributed by atoms with Crippen LogP contribution in [0.3, 0.4) is 0 Å². The molecule has 0 bridgehead atoms. The average molecular weight is 220 g/mol. The summed E-state index contributed by atoms with van der Waals surface area (Å²) < 4.78 is 9.92. The number of rotatable bonds is 3. The van der Waals surface area contributed by atoms with E-state index in [0.29, 0.717) is 17.3 Å². The minimum absolute atomic E-state index is 0.162. The number of nitrogens with zero attached hydrogens (tertiary/aromatic N) is 2. The van der Waals surface area contributed by atoms with Gasteiger partial charge in [0.25, 0.3) is 5.89 Å². The van der Waals surface area contributed by atoms with E-state index in [2.05, 4.69) is 10.1 Å². The van der Waals surface area contributed by atoms with Crippen molar-refractivity contribution in [1.82, 2.24) is 10.1 Å². The van der Waals surface area contributed by atoms with Crippen LogP contribution >= 0.6 is 0 Å². The third-order valence-corrected chi connectivity index (χ3v) is 2.21. The van der Waals surface area contributed by atoms with Crippen LogP contribution in [-0.2, 0) is 11.3 Å². The molecule has 16 heavy (non-hydrogen) atoms. The second-order valence-corrected chi connectivity index (χ2v) is 3.42. The highest BCUT2D eigenvalue weighted by molar-refractivity contribution is 5.64. The number of aromatic nitrogens is 2. The highest BCUT2D eigenvalue weighted by Gasteiger charge is 2.13. The number of ether oxygens (including phenoxy) is 1. The molecule has 1 aromatic carbocycles. The molecule has 2 rings (SSSR count). The van der Waals surface area contributed by atoms with Gasteiger partial charge in [-0.25, -0.2) is 0 Å². The third-order valence-electron chi connectivity index (χ3n) is 2.21. The van der Waals surface area contributed by atoms with Gasteiger partial charge in [-0.2, -0.15) is 4.98 Å². The molecule has 0 spiro atoms. The zero-order valence-electron chi connectivity index (χ0n) is 9.10. The molecule has 1 heterocycles. The summed E-state index contributed by atoms with van der Waals surface area (Å²) in [6.45, 7) is 2.10. The Morgan fingerprint density at radius 3 is 3.00 bits per heavy atom. The summed E-state index contributed by atoms with van der Waals surface area (Å²) in [6, 6.07) is 5.36. The molecule has 0 aliphatic rings. The number of methoxy groups -OCH3 is 1. The molecule has 0 aliphatic heterocycles. The Hall–Kier alpha value is -1.88. The number of aryl methyl sites for hydroxylation is 1. The van der Waals surface area contributed by atoms with Crippen molar-refractivity contribution in [3.8, 4) is 17.2 Å². The van der Waals surface area contributed by atoms with Crippen molar-refractivity contribution >= 4 is 0 Å². The van der Waals surface area contributed by atoms with Gasteiger partial charge >= 0.3 is 0 Å². The first-order chi connectivity index (χ1) is 7.72. The van der Waals surface area contributed by atoms with Gasteiger partial charge < -0.3 is 14.4 Å². The van der Waals surface area contributed by atoms with Gasteiger partial charge in [-0.1, -0.05) is 17.3 Å². The van der Waals surface area contributed by atoms with Gasteiger partial charge in [0, 0.05) is 7.11 Å². The van der Waals surface area contributed by atoms with Crippen LogP contribution in [0.1, 0.15) is 11.4 Å². The second-order valence-electron chi connectivity index (χ2n) is 3.42. The van der Waals surface area contributed by atoms with E-state index in [9.17, 15) is 5.11 Å². The Kier molecular flexibility index (Phi) is 2.87. The van der Waals surface area contributed by atoms with Crippen molar-refractivity contribution < 1.29 is 14.4 Å². The summed E-state index contributed by atoms with van der Waals surface area (Å²) in [5, 5.41) is 13.6. The lowest BCUT2D eigenvalue weighted by Gasteiger charge is -2.01. The maximum Gasteiger partial charge on any atom is 0.261 e. The largest absolute Gasteiger partial charge is 0.507 e. The Morgan fingerprint density at radius 2 is 2.25 bits per heavy atom. The normalized spacial score (nSPS) is 10.6. The van der Waals surface area contributed by atoms with Crippen molar-refractivity contribution in [3.05, 3.63) is 29.6 Å². The van der Waals surface area contributed by atoms with Crippen molar-refractivity contribution in [1.29, 1.82) is 0 Å². The molecule has 0 amide bonds. The number of hydrogen-bond donors (Lipinski definition) is 1. The van der Waals surface area contributed by atoms with Crippen molar-refractivity contribution in [3.63, 3.8) is 0 Å².